The van der Waals surface area contributed by atoms with Crippen LogP contribution in [-0.4, -0.2) is 157 Å². The lowest BCUT2D eigenvalue weighted by Gasteiger charge is -2.36. The highest BCUT2D eigenvalue weighted by atomic mass is 16.2. The van der Waals surface area contributed by atoms with Crippen molar-refractivity contribution in [3.05, 3.63) is 179 Å². The zero-order chi connectivity index (χ0) is 61.2. The molecule has 5 aromatic carbocycles. The molecule has 0 aromatic heterocycles. The molecule has 84 heavy (non-hydrogen) atoms. The van der Waals surface area contributed by atoms with Crippen molar-refractivity contribution in [1.82, 2.24) is 51.4 Å². The van der Waals surface area contributed by atoms with Crippen LogP contribution in [0.3, 0.4) is 0 Å². The lowest BCUT2D eigenvalue weighted by Crippen LogP contribution is -2.59. The average molecular weight is 1140 g/mol. The van der Waals surface area contributed by atoms with E-state index in [9.17, 15) is 38.4 Å². The van der Waals surface area contributed by atoms with Crippen molar-refractivity contribution in [3.8, 4) is 0 Å². The number of likely N-dealkylation sites (tertiary alicyclic amines) is 2. The minimum Gasteiger partial charge on any atom is -0.347 e. The van der Waals surface area contributed by atoms with Crippen molar-refractivity contribution in [2.75, 3.05) is 34.2 Å². The summed E-state index contributed by atoms with van der Waals surface area (Å²) in [6.45, 7) is 14.5. The molecule has 6 N–H and O–H groups in total. The number of hydrogen-bond donors (Lipinski definition) is 6. The first kappa shape index (κ1) is 63.4. The molecule has 0 bridgehead atoms. The molecule has 0 saturated carbocycles. The number of nitrogens with zero attached hydrogens (tertiary/aromatic N) is 4. The van der Waals surface area contributed by atoms with E-state index in [0.29, 0.717) is 0 Å². The molecule has 0 spiro atoms. The zero-order valence-corrected chi connectivity index (χ0v) is 50.5. The molecule has 0 aliphatic carbocycles. The Kier molecular flexibility index (Phi) is 20.8. The van der Waals surface area contributed by atoms with Crippen LogP contribution in [0.5, 0.6) is 0 Å². The summed E-state index contributed by atoms with van der Waals surface area (Å²) >= 11 is 0. The molecule has 8 atom stereocenters. The predicted molar refractivity (Wildman–Crippen MR) is 327 cm³/mol. The van der Waals surface area contributed by atoms with E-state index in [4.69, 9.17) is 0 Å². The van der Waals surface area contributed by atoms with Crippen LogP contribution in [0, 0.1) is 10.8 Å². The van der Waals surface area contributed by atoms with Gasteiger partial charge in [-0.25, -0.2) is 0 Å². The average Bonchev–Trinajstić information content (AvgIpc) is 3.98. The Morgan fingerprint density at radius 1 is 0.464 bits per heavy atom. The first-order chi connectivity index (χ1) is 39.7. The van der Waals surface area contributed by atoms with Gasteiger partial charge in [-0.3, -0.25) is 43.3 Å². The Hall–Kier alpha value is -8.16. The number of nitrogens with one attached hydrogen (secondary N) is 6. The van der Waals surface area contributed by atoms with Gasteiger partial charge in [-0.2, -0.15) is 0 Å². The molecule has 0 radical (unpaired) electrons. The fraction of sp³-hybridized carbons (Fsp3) is 0.415. The minimum absolute atomic E-state index is 0.0344. The standard InChI is InChI=1S/C65H83BN10O8/c1-40(73(9)10)56(77)71-54(64(3,4)5)62(83)75-38-48(36-50(75)60(81)69-52(42-24-16-12-17-25-42)43-26-18-13-19-27-43)67-58(79)46-32-34-47(35-33-46)59(80)68-49-37-51(61(82)70-53(44-28-20-14-21-29-44)45-30-22-15-23-31-45)76(39-49)63(84)55(65(6,7)8)72-57(78)41(2)74(11)66/h12-35,40-41,48-55H,36-39,66H2,1-11H3,(H,67,79)(H,68,80)(H,69,81)(H,70,82)(H,71,77)(H,72,78)/t40-,41-,48-,49-,50-,51-,54+,55+/m0/s1. The van der Waals surface area contributed by atoms with Gasteiger partial charge in [0, 0.05) is 36.3 Å². The number of rotatable bonds is 20. The van der Waals surface area contributed by atoms with Crippen molar-refractivity contribution in [1.29, 1.82) is 0 Å². The Labute approximate surface area is 495 Å². The van der Waals surface area contributed by atoms with Crippen LogP contribution in [0.2, 0.25) is 0 Å². The largest absolute Gasteiger partial charge is 0.347 e. The Bertz CT molecular complexity index is 2820. The normalized spacial score (nSPS) is 18.6. The monoisotopic (exact) mass is 1140 g/mol. The van der Waals surface area contributed by atoms with E-state index in [2.05, 4.69) is 31.9 Å². The third-order valence-corrected chi connectivity index (χ3v) is 16.1. The summed E-state index contributed by atoms with van der Waals surface area (Å²) in [5.41, 5.74) is 2.20. The van der Waals surface area contributed by atoms with Gasteiger partial charge in [0.05, 0.1) is 24.2 Å². The van der Waals surface area contributed by atoms with E-state index in [0.717, 1.165) is 22.3 Å². The third kappa shape index (κ3) is 15.7. The maximum Gasteiger partial charge on any atom is 0.251 e. The zero-order valence-electron chi connectivity index (χ0n) is 50.5. The predicted octanol–water partition coefficient (Wildman–Crippen LogP) is 4.78. The molecule has 7 rings (SSSR count). The van der Waals surface area contributed by atoms with Gasteiger partial charge in [0.15, 0.2) is 7.98 Å². The van der Waals surface area contributed by atoms with Gasteiger partial charge < -0.3 is 46.5 Å². The lowest BCUT2D eigenvalue weighted by atomic mass is 9.85. The van der Waals surface area contributed by atoms with Crippen molar-refractivity contribution >= 4 is 55.2 Å². The van der Waals surface area contributed by atoms with Gasteiger partial charge in [-0.05, 0) is 105 Å². The van der Waals surface area contributed by atoms with Crippen LogP contribution in [0.1, 0.15) is 123 Å². The summed E-state index contributed by atoms with van der Waals surface area (Å²) in [4.78, 5) is 121. The summed E-state index contributed by atoms with van der Waals surface area (Å²) in [6, 6.07) is 36.3. The molecule has 0 unspecified atom stereocenters. The molecule has 2 fully saturated rings. The number of carbonyl (C=O) groups is 8. The van der Waals surface area contributed by atoms with Crippen molar-refractivity contribution in [2.24, 2.45) is 10.8 Å². The van der Waals surface area contributed by atoms with E-state index in [1.54, 1.807) is 52.7 Å². The van der Waals surface area contributed by atoms with E-state index in [1.807, 2.05) is 163 Å². The van der Waals surface area contributed by atoms with Crippen molar-refractivity contribution in [2.45, 2.75) is 129 Å². The molecular formula is C65H83BN10O8. The topological polar surface area (TPSA) is 222 Å². The van der Waals surface area contributed by atoms with Crippen LogP contribution in [0.4, 0.5) is 0 Å². The molecule has 18 nitrogen and oxygen atoms in total. The van der Waals surface area contributed by atoms with Crippen LogP contribution in [0.15, 0.2) is 146 Å². The van der Waals surface area contributed by atoms with Gasteiger partial charge in [-0.15, -0.1) is 0 Å². The molecule has 2 heterocycles. The first-order valence-electron chi connectivity index (χ1n) is 28.8. The number of likely N-dealkylation sites (N-methyl/N-ethyl adjacent to an activating group) is 2. The van der Waals surface area contributed by atoms with Crippen molar-refractivity contribution < 1.29 is 38.4 Å². The fourth-order valence-corrected chi connectivity index (χ4v) is 10.6. The third-order valence-electron chi connectivity index (χ3n) is 16.1. The smallest absolute Gasteiger partial charge is 0.251 e. The molecule has 444 valence electrons. The molecule has 8 amide bonds. The SMILES string of the molecule is BN(C)[C@@H](C)C(=O)N[C@H](C(=O)N1C[C@@H](NC(=O)c2ccc(C(=O)N[C@H]3C[C@@H](C(=O)NC(c4ccccc4)c4ccccc4)N(C(=O)[C@@H](NC(=O)[C@H](C)N(C)C)C(C)(C)C)C3)cc2)C[C@H]1C(=O)NC(c1ccccc1)c1ccccc1)C(C)(C)C. The molecular weight excluding hydrogens is 1060 g/mol. The molecule has 19 heteroatoms. The van der Waals surface area contributed by atoms with Crippen LogP contribution in [-0.2, 0) is 28.8 Å². The van der Waals surface area contributed by atoms with Gasteiger partial charge >= 0.3 is 0 Å². The summed E-state index contributed by atoms with van der Waals surface area (Å²) in [5.74, 6) is -3.52. The Morgan fingerprint density at radius 2 is 0.762 bits per heavy atom. The summed E-state index contributed by atoms with van der Waals surface area (Å²) in [6.07, 6.45) is 0.131. The highest BCUT2D eigenvalue weighted by Crippen LogP contribution is 2.31. The second kappa shape index (κ2) is 27.5. The summed E-state index contributed by atoms with van der Waals surface area (Å²) in [5, 5.41) is 18.4. The van der Waals surface area contributed by atoms with E-state index in [1.165, 1.54) is 34.1 Å². The van der Waals surface area contributed by atoms with E-state index >= 15 is 0 Å². The van der Waals surface area contributed by atoms with Crippen molar-refractivity contribution in [3.63, 3.8) is 0 Å². The van der Waals surface area contributed by atoms with E-state index in [-0.39, 0.29) is 48.9 Å². The Balaban J connectivity index is 1.10. The molecule has 2 aliphatic rings. The highest BCUT2D eigenvalue weighted by molar-refractivity contribution is 6.07. The first-order valence-corrected chi connectivity index (χ1v) is 28.8. The van der Waals surface area contributed by atoms with Crippen LogP contribution >= 0.6 is 0 Å². The van der Waals surface area contributed by atoms with Crippen LogP contribution < -0.4 is 31.9 Å². The molecule has 2 saturated heterocycles. The maximum atomic E-state index is 14.9. The molecule has 2 aliphatic heterocycles. The summed E-state index contributed by atoms with van der Waals surface area (Å²) < 4.78 is 0. The van der Waals surface area contributed by atoms with E-state index < -0.39 is 107 Å². The number of amides is 8. The number of hydrogen-bond acceptors (Lipinski definition) is 10. The maximum absolute atomic E-state index is 14.9. The second-order valence-corrected chi connectivity index (χ2v) is 24.8. The highest BCUT2D eigenvalue weighted by Gasteiger charge is 2.48. The second-order valence-electron chi connectivity index (χ2n) is 24.8. The summed E-state index contributed by atoms with van der Waals surface area (Å²) in [7, 11) is 7.09. The van der Waals surface area contributed by atoms with Gasteiger partial charge in [0.25, 0.3) is 11.8 Å². The van der Waals surface area contributed by atoms with Gasteiger partial charge in [-0.1, -0.05) is 163 Å². The fourth-order valence-electron chi connectivity index (χ4n) is 10.6. The quantitative estimate of drug-likeness (QED) is 0.0586. The van der Waals surface area contributed by atoms with Gasteiger partial charge in [0.1, 0.15) is 24.2 Å². The van der Waals surface area contributed by atoms with Crippen LogP contribution in [0.25, 0.3) is 0 Å². The number of benzene rings is 5. The minimum atomic E-state index is -1.04. The number of carbonyl (C=O) groups excluding carboxylic acids is 8. The Morgan fingerprint density at radius 3 is 1.04 bits per heavy atom. The molecule has 5 aromatic rings. The van der Waals surface area contributed by atoms with Gasteiger partial charge in [0.2, 0.25) is 35.4 Å². The lowest BCUT2D eigenvalue weighted by molar-refractivity contribution is -0.144.